The molecule has 0 radical (unpaired) electrons. The second-order valence-corrected chi connectivity index (χ2v) is 8.90. The number of nitrogens with zero attached hydrogens (tertiary/aromatic N) is 1. The Bertz CT molecular complexity index is 801. The van der Waals surface area contributed by atoms with E-state index in [2.05, 4.69) is 32.9 Å². The Morgan fingerprint density at radius 2 is 1.79 bits per heavy atom. The summed E-state index contributed by atoms with van der Waals surface area (Å²) >= 11 is 7.95. The first-order valence-corrected chi connectivity index (χ1v) is 11.3. The molecule has 1 atom stereocenters. The van der Waals surface area contributed by atoms with Crippen molar-refractivity contribution in [3.63, 3.8) is 0 Å². The van der Waals surface area contributed by atoms with Gasteiger partial charge in [0.05, 0.1) is 17.6 Å². The van der Waals surface area contributed by atoms with Crippen molar-refractivity contribution in [2.24, 2.45) is 0 Å². The molecule has 0 aliphatic heterocycles. The van der Waals surface area contributed by atoms with Crippen LogP contribution in [-0.2, 0) is 4.79 Å². The molecule has 8 heteroatoms. The van der Waals surface area contributed by atoms with Gasteiger partial charge in [-0.1, -0.05) is 38.2 Å². The molecule has 1 unspecified atom stereocenters. The predicted octanol–water partition coefficient (Wildman–Crippen LogP) is 7.46. The monoisotopic (exact) mass is 540 g/mol. The second kappa shape index (κ2) is 11.9. The number of nitrogens with one attached hydrogen (secondary N) is 1. The van der Waals surface area contributed by atoms with Crippen LogP contribution < -0.4 is 5.32 Å². The van der Waals surface area contributed by atoms with E-state index in [4.69, 9.17) is 11.6 Å². The number of hydrogen-bond acceptors (Lipinski definition) is 2. The molecule has 29 heavy (non-hydrogen) atoms. The zero-order valence-corrected chi connectivity index (χ0v) is 19.0. The SMILES string of the molecule is O=C(CCCCCCCCC(Cl)CC(F)(F)F)Nc1ccc(I)c2cccnc12. The molecule has 3 nitrogen and oxygen atoms in total. The van der Waals surface area contributed by atoms with E-state index in [0.717, 1.165) is 52.3 Å². The molecule has 0 bridgehead atoms. The van der Waals surface area contributed by atoms with E-state index in [-0.39, 0.29) is 5.91 Å². The van der Waals surface area contributed by atoms with Crippen molar-refractivity contribution in [2.45, 2.75) is 69.3 Å². The summed E-state index contributed by atoms with van der Waals surface area (Å²) in [6, 6.07) is 7.69. The Kier molecular flexibility index (Phi) is 9.95. The first-order valence-electron chi connectivity index (χ1n) is 9.80. The minimum absolute atomic E-state index is 0.0321. The number of amides is 1. The number of rotatable bonds is 11. The third kappa shape index (κ3) is 9.07. The molecule has 2 aromatic rings. The molecule has 1 N–H and O–H groups in total. The van der Waals surface area contributed by atoms with Gasteiger partial charge >= 0.3 is 6.18 Å². The van der Waals surface area contributed by atoms with Crippen molar-refractivity contribution in [1.82, 2.24) is 4.98 Å². The number of unbranched alkanes of at least 4 members (excludes halogenated alkanes) is 5. The summed E-state index contributed by atoms with van der Waals surface area (Å²) in [5.74, 6) is -0.0321. The summed E-state index contributed by atoms with van der Waals surface area (Å²) in [5, 5.41) is 3.13. The molecule has 0 saturated heterocycles. The van der Waals surface area contributed by atoms with Crippen molar-refractivity contribution >= 4 is 56.7 Å². The van der Waals surface area contributed by atoms with Crippen LogP contribution in [0.4, 0.5) is 18.9 Å². The highest BCUT2D eigenvalue weighted by Gasteiger charge is 2.30. The van der Waals surface area contributed by atoms with Crippen LogP contribution in [0.25, 0.3) is 10.9 Å². The zero-order chi connectivity index (χ0) is 21.3. The molecule has 0 fully saturated rings. The standard InChI is InChI=1S/C21H25ClF3IN2O/c22-15(14-21(23,24)25)8-5-3-1-2-4-6-10-19(29)28-18-12-11-17(26)16-9-7-13-27-20(16)18/h7,9,11-13,15H,1-6,8,10,14H2,(H,28,29). The van der Waals surface area contributed by atoms with E-state index in [1.54, 1.807) is 6.20 Å². The average molecular weight is 541 g/mol. The van der Waals surface area contributed by atoms with Crippen molar-refractivity contribution in [3.8, 4) is 0 Å². The predicted molar refractivity (Wildman–Crippen MR) is 120 cm³/mol. The van der Waals surface area contributed by atoms with Gasteiger partial charge in [-0.2, -0.15) is 13.2 Å². The molecule has 1 aromatic carbocycles. The number of halogens is 5. The van der Waals surface area contributed by atoms with Crippen molar-refractivity contribution in [2.75, 3.05) is 5.32 Å². The van der Waals surface area contributed by atoms with E-state index in [1.165, 1.54) is 0 Å². The average Bonchev–Trinajstić information content (AvgIpc) is 2.65. The Hall–Kier alpha value is -1.09. The lowest BCUT2D eigenvalue weighted by molar-refractivity contribution is -0.134. The Balaban J connectivity index is 1.60. The van der Waals surface area contributed by atoms with E-state index < -0.39 is 18.0 Å². The Morgan fingerprint density at radius 3 is 2.52 bits per heavy atom. The number of alkyl halides is 4. The summed E-state index contributed by atoms with van der Waals surface area (Å²) in [5.41, 5.74) is 1.51. The van der Waals surface area contributed by atoms with Crippen LogP contribution in [0.2, 0.25) is 0 Å². The van der Waals surface area contributed by atoms with E-state index >= 15 is 0 Å². The van der Waals surface area contributed by atoms with Gasteiger partial charge in [0, 0.05) is 27.0 Å². The van der Waals surface area contributed by atoms with Crippen LogP contribution in [0.5, 0.6) is 0 Å². The number of aromatic nitrogens is 1. The van der Waals surface area contributed by atoms with Crippen LogP contribution in [-0.4, -0.2) is 22.4 Å². The molecule has 2 rings (SSSR count). The molecule has 0 spiro atoms. The quantitative estimate of drug-likeness (QED) is 0.183. The van der Waals surface area contributed by atoms with Gasteiger partial charge in [-0.25, -0.2) is 0 Å². The molecule has 1 aromatic heterocycles. The maximum Gasteiger partial charge on any atom is 0.390 e. The Labute approximate surface area is 187 Å². The third-order valence-corrected chi connectivity index (χ3v) is 5.93. The highest BCUT2D eigenvalue weighted by molar-refractivity contribution is 14.1. The topological polar surface area (TPSA) is 42.0 Å². The molecule has 0 aliphatic rings. The van der Waals surface area contributed by atoms with Crippen LogP contribution in [0, 0.1) is 3.57 Å². The van der Waals surface area contributed by atoms with E-state index in [9.17, 15) is 18.0 Å². The third-order valence-electron chi connectivity index (χ3n) is 4.61. The maximum absolute atomic E-state index is 12.2. The first-order chi connectivity index (χ1) is 13.8. The number of anilines is 1. The van der Waals surface area contributed by atoms with Gasteiger partial charge in [0.25, 0.3) is 0 Å². The normalized spacial score (nSPS) is 12.9. The fraction of sp³-hybridized carbons (Fsp3) is 0.524. The van der Waals surface area contributed by atoms with Gasteiger partial charge in [0.1, 0.15) is 0 Å². The summed E-state index contributed by atoms with van der Waals surface area (Å²) in [4.78, 5) is 16.6. The molecule has 0 aliphatic carbocycles. The number of fused-ring (bicyclic) bond motifs is 1. The minimum atomic E-state index is -4.19. The van der Waals surface area contributed by atoms with Crippen molar-refractivity contribution in [1.29, 1.82) is 0 Å². The molecule has 0 saturated carbocycles. The van der Waals surface area contributed by atoms with Gasteiger partial charge in [-0.3, -0.25) is 9.78 Å². The summed E-state index contributed by atoms with van der Waals surface area (Å²) in [6.45, 7) is 0. The van der Waals surface area contributed by atoms with Crippen molar-refractivity contribution in [3.05, 3.63) is 34.0 Å². The molecular formula is C21H25ClF3IN2O. The number of hydrogen-bond donors (Lipinski definition) is 1. The van der Waals surface area contributed by atoms with Crippen molar-refractivity contribution < 1.29 is 18.0 Å². The van der Waals surface area contributed by atoms with Gasteiger partial charge < -0.3 is 5.32 Å². The molecule has 160 valence electrons. The van der Waals surface area contributed by atoms with Crippen LogP contribution in [0.1, 0.15) is 57.8 Å². The van der Waals surface area contributed by atoms with Crippen LogP contribution >= 0.6 is 34.2 Å². The minimum Gasteiger partial charge on any atom is -0.324 e. The molecule has 1 heterocycles. The zero-order valence-electron chi connectivity index (χ0n) is 16.1. The largest absolute Gasteiger partial charge is 0.390 e. The van der Waals surface area contributed by atoms with Gasteiger partial charge in [0.2, 0.25) is 5.91 Å². The highest BCUT2D eigenvalue weighted by Crippen LogP contribution is 2.27. The second-order valence-electron chi connectivity index (χ2n) is 7.12. The maximum atomic E-state index is 12.2. The van der Waals surface area contributed by atoms with Crippen LogP contribution in [0.3, 0.4) is 0 Å². The van der Waals surface area contributed by atoms with Gasteiger partial charge in [-0.05, 0) is 53.6 Å². The fourth-order valence-corrected chi connectivity index (χ4v) is 4.11. The number of carbonyl (C=O) groups excluding carboxylic acids is 1. The lowest BCUT2D eigenvalue weighted by Crippen LogP contribution is -2.15. The highest BCUT2D eigenvalue weighted by atomic mass is 127. The summed E-state index contributed by atoms with van der Waals surface area (Å²) in [7, 11) is 0. The molecular weight excluding hydrogens is 516 g/mol. The van der Waals surface area contributed by atoms with E-state index in [1.807, 2.05) is 24.3 Å². The first kappa shape index (κ1) is 24.2. The summed E-state index contributed by atoms with van der Waals surface area (Å²) in [6.07, 6.45) is 2.63. The fourth-order valence-electron chi connectivity index (χ4n) is 3.16. The Morgan fingerprint density at radius 1 is 1.10 bits per heavy atom. The van der Waals surface area contributed by atoms with Gasteiger partial charge in [-0.15, -0.1) is 11.6 Å². The van der Waals surface area contributed by atoms with Crippen LogP contribution in [0.15, 0.2) is 30.5 Å². The number of benzene rings is 1. The lowest BCUT2D eigenvalue weighted by Gasteiger charge is -2.11. The molecule has 1 amide bonds. The van der Waals surface area contributed by atoms with Gasteiger partial charge in [0.15, 0.2) is 0 Å². The number of carbonyl (C=O) groups is 1. The van der Waals surface area contributed by atoms with E-state index in [0.29, 0.717) is 19.3 Å². The summed E-state index contributed by atoms with van der Waals surface area (Å²) < 4.78 is 37.7. The lowest BCUT2D eigenvalue weighted by atomic mass is 10.1. The smallest absolute Gasteiger partial charge is 0.324 e. The number of pyridine rings is 1.